The standard InChI is InChI=1S/C22H26FN3O2/c1-4-11-26(15-18-7-5-17(13-24)6-8-18)16-22(27)25(2)14-19-9-10-21(28-3)20(23)12-19/h5-10,12H,4,11,14-16H2,1-3H3. The number of rotatable bonds is 9. The Balaban J connectivity index is 1.98. The average molecular weight is 383 g/mol. The second-order valence-electron chi connectivity index (χ2n) is 6.74. The zero-order valence-electron chi connectivity index (χ0n) is 16.6. The number of benzene rings is 2. The van der Waals surface area contributed by atoms with E-state index in [0.29, 0.717) is 24.2 Å². The molecular formula is C22H26FN3O2. The van der Waals surface area contributed by atoms with Crippen molar-refractivity contribution >= 4 is 5.91 Å². The van der Waals surface area contributed by atoms with Crippen molar-refractivity contribution in [2.24, 2.45) is 0 Å². The molecule has 0 N–H and O–H groups in total. The first-order valence-electron chi connectivity index (χ1n) is 9.24. The monoisotopic (exact) mass is 383 g/mol. The zero-order valence-corrected chi connectivity index (χ0v) is 16.6. The Morgan fingerprint density at radius 2 is 1.82 bits per heavy atom. The number of nitrogens with zero attached hydrogens (tertiary/aromatic N) is 3. The molecule has 148 valence electrons. The molecule has 2 rings (SSSR count). The van der Waals surface area contributed by atoms with E-state index in [2.05, 4.69) is 17.9 Å². The molecule has 0 aliphatic heterocycles. The molecule has 28 heavy (non-hydrogen) atoms. The normalized spacial score (nSPS) is 10.6. The number of carbonyl (C=O) groups is 1. The highest BCUT2D eigenvalue weighted by Gasteiger charge is 2.15. The van der Waals surface area contributed by atoms with Crippen LogP contribution in [0, 0.1) is 17.1 Å². The molecule has 0 spiro atoms. The van der Waals surface area contributed by atoms with Crippen molar-refractivity contribution in [3.05, 3.63) is 65.0 Å². The van der Waals surface area contributed by atoms with Gasteiger partial charge < -0.3 is 9.64 Å². The van der Waals surface area contributed by atoms with Crippen LogP contribution in [-0.2, 0) is 17.9 Å². The Labute approximate surface area is 165 Å². The van der Waals surface area contributed by atoms with Crippen LogP contribution in [0.25, 0.3) is 0 Å². The SMILES string of the molecule is CCCN(CC(=O)N(C)Cc1ccc(OC)c(F)c1)Cc1ccc(C#N)cc1. The molecule has 0 aromatic heterocycles. The Hall–Kier alpha value is -2.91. The molecule has 1 amide bonds. The van der Waals surface area contributed by atoms with E-state index in [1.807, 2.05) is 12.1 Å². The van der Waals surface area contributed by atoms with Crippen LogP contribution in [0.4, 0.5) is 4.39 Å². The van der Waals surface area contributed by atoms with Crippen molar-refractivity contribution in [1.29, 1.82) is 5.26 Å². The van der Waals surface area contributed by atoms with E-state index < -0.39 is 5.82 Å². The minimum absolute atomic E-state index is 0.0293. The van der Waals surface area contributed by atoms with E-state index in [1.165, 1.54) is 13.2 Å². The van der Waals surface area contributed by atoms with E-state index in [9.17, 15) is 9.18 Å². The summed E-state index contributed by atoms with van der Waals surface area (Å²) >= 11 is 0. The lowest BCUT2D eigenvalue weighted by Gasteiger charge is -2.25. The zero-order chi connectivity index (χ0) is 20.5. The lowest BCUT2D eigenvalue weighted by molar-refractivity contribution is -0.131. The van der Waals surface area contributed by atoms with Crippen LogP contribution >= 0.6 is 0 Å². The van der Waals surface area contributed by atoms with Gasteiger partial charge in [-0.15, -0.1) is 0 Å². The summed E-state index contributed by atoms with van der Waals surface area (Å²) in [6, 6.07) is 14.2. The van der Waals surface area contributed by atoms with Gasteiger partial charge in [0.25, 0.3) is 0 Å². The number of likely N-dealkylation sites (N-methyl/N-ethyl adjacent to an activating group) is 1. The summed E-state index contributed by atoms with van der Waals surface area (Å²) in [5, 5.41) is 8.90. The summed E-state index contributed by atoms with van der Waals surface area (Å²) in [6.07, 6.45) is 0.928. The summed E-state index contributed by atoms with van der Waals surface area (Å²) < 4.78 is 18.8. The van der Waals surface area contributed by atoms with Gasteiger partial charge in [0.1, 0.15) is 0 Å². The summed E-state index contributed by atoms with van der Waals surface area (Å²) in [5.74, 6) is -0.276. The van der Waals surface area contributed by atoms with Gasteiger partial charge in [-0.3, -0.25) is 9.69 Å². The smallest absolute Gasteiger partial charge is 0.236 e. The van der Waals surface area contributed by atoms with Crippen LogP contribution in [0.1, 0.15) is 30.0 Å². The largest absolute Gasteiger partial charge is 0.494 e. The highest BCUT2D eigenvalue weighted by atomic mass is 19.1. The van der Waals surface area contributed by atoms with Gasteiger partial charge >= 0.3 is 0 Å². The molecule has 0 heterocycles. The summed E-state index contributed by atoms with van der Waals surface area (Å²) in [4.78, 5) is 16.3. The van der Waals surface area contributed by atoms with Crippen molar-refractivity contribution in [3.8, 4) is 11.8 Å². The minimum Gasteiger partial charge on any atom is -0.494 e. The molecule has 5 nitrogen and oxygen atoms in total. The fourth-order valence-electron chi connectivity index (χ4n) is 2.96. The number of nitriles is 1. The lowest BCUT2D eigenvalue weighted by atomic mass is 10.1. The Bertz CT molecular complexity index is 831. The first kappa shape index (κ1) is 21.4. The van der Waals surface area contributed by atoms with Crippen LogP contribution in [0.15, 0.2) is 42.5 Å². The third-order valence-electron chi connectivity index (χ3n) is 4.45. The quantitative estimate of drug-likeness (QED) is 0.664. The third kappa shape index (κ3) is 6.07. The van der Waals surface area contributed by atoms with Gasteiger partial charge in [0, 0.05) is 20.1 Å². The van der Waals surface area contributed by atoms with Crippen LogP contribution in [-0.4, -0.2) is 43.0 Å². The average Bonchev–Trinajstić information content (AvgIpc) is 2.68. The van der Waals surface area contributed by atoms with Crippen molar-refractivity contribution < 1.29 is 13.9 Å². The van der Waals surface area contributed by atoms with E-state index >= 15 is 0 Å². The Kier molecular flexibility index (Phi) is 7.97. The van der Waals surface area contributed by atoms with Crippen LogP contribution in [0.2, 0.25) is 0 Å². The van der Waals surface area contributed by atoms with Gasteiger partial charge in [-0.05, 0) is 48.4 Å². The summed E-state index contributed by atoms with van der Waals surface area (Å²) in [7, 11) is 3.14. The molecule has 0 aliphatic rings. The number of ether oxygens (including phenoxy) is 1. The second kappa shape index (κ2) is 10.4. The molecule has 0 saturated carbocycles. The predicted molar refractivity (Wildman–Crippen MR) is 106 cm³/mol. The molecule has 0 saturated heterocycles. The molecule has 0 aliphatic carbocycles. The van der Waals surface area contributed by atoms with Gasteiger partial charge in [-0.25, -0.2) is 4.39 Å². The second-order valence-corrected chi connectivity index (χ2v) is 6.74. The number of carbonyl (C=O) groups excluding carboxylic acids is 1. The highest BCUT2D eigenvalue weighted by molar-refractivity contribution is 5.78. The maximum atomic E-state index is 13.9. The van der Waals surface area contributed by atoms with Crippen LogP contribution in [0.3, 0.4) is 0 Å². The van der Waals surface area contributed by atoms with Gasteiger partial charge in [-0.2, -0.15) is 5.26 Å². The van der Waals surface area contributed by atoms with E-state index in [-0.39, 0.29) is 18.2 Å². The molecule has 0 fully saturated rings. The Morgan fingerprint density at radius 3 is 2.39 bits per heavy atom. The van der Waals surface area contributed by atoms with Crippen LogP contribution in [0.5, 0.6) is 5.75 Å². The van der Waals surface area contributed by atoms with Gasteiger partial charge in [0.05, 0.1) is 25.3 Å². The molecule has 2 aromatic carbocycles. The number of amides is 1. The molecule has 0 bridgehead atoms. The predicted octanol–water partition coefficient (Wildman–Crippen LogP) is 3.58. The minimum atomic E-state index is -0.436. The number of methoxy groups -OCH3 is 1. The topological polar surface area (TPSA) is 56.6 Å². The fraction of sp³-hybridized carbons (Fsp3) is 0.364. The van der Waals surface area contributed by atoms with Gasteiger partial charge in [-0.1, -0.05) is 25.1 Å². The summed E-state index contributed by atoms with van der Waals surface area (Å²) in [5.41, 5.74) is 2.39. The van der Waals surface area contributed by atoms with Gasteiger partial charge in [0.15, 0.2) is 11.6 Å². The number of hydrogen-bond acceptors (Lipinski definition) is 4. The molecular weight excluding hydrogens is 357 g/mol. The number of halogens is 1. The molecule has 2 aromatic rings. The van der Waals surface area contributed by atoms with Crippen LogP contribution < -0.4 is 4.74 Å². The molecule has 0 atom stereocenters. The Morgan fingerprint density at radius 1 is 1.14 bits per heavy atom. The maximum Gasteiger partial charge on any atom is 0.236 e. The summed E-state index contributed by atoms with van der Waals surface area (Å²) in [6.45, 7) is 4.10. The first-order chi connectivity index (χ1) is 13.5. The van der Waals surface area contributed by atoms with E-state index in [1.54, 1.807) is 36.2 Å². The first-order valence-corrected chi connectivity index (χ1v) is 9.24. The lowest BCUT2D eigenvalue weighted by Crippen LogP contribution is -2.38. The van der Waals surface area contributed by atoms with E-state index in [0.717, 1.165) is 18.5 Å². The van der Waals surface area contributed by atoms with E-state index in [4.69, 9.17) is 10.00 Å². The molecule has 6 heteroatoms. The van der Waals surface area contributed by atoms with Crippen molar-refractivity contribution in [2.75, 3.05) is 27.2 Å². The van der Waals surface area contributed by atoms with Crippen molar-refractivity contribution in [2.45, 2.75) is 26.4 Å². The molecule has 0 radical (unpaired) electrons. The van der Waals surface area contributed by atoms with Crippen molar-refractivity contribution in [1.82, 2.24) is 9.80 Å². The third-order valence-corrected chi connectivity index (χ3v) is 4.45. The van der Waals surface area contributed by atoms with Crippen molar-refractivity contribution in [3.63, 3.8) is 0 Å². The molecule has 0 unspecified atom stereocenters. The fourth-order valence-corrected chi connectivity index (χ4v) is 2.96. The van der Waals surface area contributed by atoms with Gasteiger partial charge in [0.2, 0.25) is 5.91 Å². The highest BCUT2D eigenvalue weighted by Crippen LogP contribution is 2.18. The number of hydrogen-bond donors (Lipinski definition) is 0. The maximum absolute atomic E-state index is 13.9.